The van der Waals surface area contributed by atoms with Crippen molar-refractivity contribution in [1.29, 1.82) is 0 Å². The molecular formula is C33H36N4O3. The summed E-state index contributed by atoms with van der Waals surface area (Å²) in [7, 11) is 1.61. The topological polar surface area (TPSA) is 79.6 Å². The van der Waals surface area contributed by atoms with Crippen molar-refractivity contribution in [3.8, 4) is 22.6 Å². The van der Waals surface area contributed by atoms with Crippen molar-refractivity contribution >= 4 is 5.91 Å². The number of hydrogen-bond acceptors (Lipinski definition) is 5. The molecular weight excluding hydrogens is 500 g/mol. The van der Waals surface area contributed by atoms with E-state index in [1.54, 1.807) is 19.5 Å². The number of nitrogens with one attached hydrogen (secondary N) is 1. The second kappa shape index (κ2) is 10.2. The van der Waals surface area contributed by atoms with Crippen molar-refractivity contribution in [2.75, 3.05) is 20.2 Å². The van der Waals surface area contributed by atoms with Gasteiger partial charge in [0.15, 0.2) is 0 Å². The molecule has 4 aromatic rings. The molecule has 1 aromatic heterocycles. The molecule has 40 heavy (non-hydrogen) atoms. The Hall–Kier alpha value is -3.94. The van der Waals surface area contributed by atoms with Crippen LogP contribution in [0.1, 0.15) is 53.5 Å². The average molecular weight is 537 g/mol. The number of aromatic nitrogens is 2. The molecule has 6 rings (SSSR count). The molecule has 2 heterocycles. The molecule has 0 bridgehead atoms. The summed E-state index contributed by atoms with van der Waals surface area (Å²) in [6, 6.07) is 22.6. The minimum atomic E-state index is -0.882. The third-order valence-corrected chi connectivity index (χ3v) is 8.41. The molecule has 2 N–H and O–H groups in total. The number of rotatable bonds is 6. The van der Waals surface area contributed by atoms with E-state index in [-0.39, 0.29) is 23.9 Å². The van der Waals surface area contributed by atoms with Crippen molar-refractivity contribution in [3.63, 3.8) is 0 Å². The Labute approximate surface area is 235 Å². The molecule has 2 aliphatic rings. The smallest absolute Gasteiger partial charge is 0.251 e. The van der Waals surface area contributed by atoms with E-state index in [1.807, 2.05) is 43.7 Å². The number of hydrogen-bond donors (Lipinski definition) is 2. The molecule has 0 saturated carbocycles. The Morgan fingerprint density at radius 1 is 1.02 bits per heavy atom. The van der Waals surface area contributed by atoms with Crippen LogP contribution in [0.4, 0.5) is 0 Å². The maximum absolute atomic E-state index is 13.5. The molecule has 2 unspecified atom stereocenters. The lowest BCUT2D eigenvalue weighted by atomic mass is 9.81. The van der Waals surface area contributed by atoms with Crippen LogP contribution in [0, 0.1) is 12.8 Å². The van der Waals surface area contributed by atoms with E-state index in [0.29, 0.717) is 24.3 Å². The lowest BCUT2D eigenvalue weighted by Crippen LogP contribution is -2.55. The van der Waals surface area contributed by atoms with Gasteiger partial charge in [0.2, 0.25) is 0 Å². The van der Waals surface area contributed by atoms with Crippen molar-refractivity contribution < 1.29 is 14.6 Å². The SMILES string of the molecule is COc1cc(C(=O)NC2CC(C(C)(C)O)CN(C3c4ccccc4-c4ccccc43)C2)ccc1-n1cnc(C)c1. The highest BCUT2D eigenvalue weighted by Gasteiger charge is 2.41. The van der Waals surface area contributed by atoms with E-state index >= 15 is 0 Å². The predicted octanol–water partition coefficient (Wildman–Crippen LogP) is 5.15. The van der Waals surface area contributed by atoms with Gasteiger partial charge in [0.1, 0.15) is 5.75 Å². The highest BCUT2D eigenvalue weighted by molar-refractivity contribution is 5.95. The van der Waals surface area contributed by atoms with Gasteiger partial charge >= 0.3 is 0 Å². The molecule has 7 heteroatoms. The zero-order chi connectivity index (χ0) is 28.0. The summed E-state index contributed by atoms with van der Waals surface area (Å²) in [5.74, 6) is 0.442. The molecule has 3 aromatic carbocycles. The Balaban J connectivity index is 1.28. The lowest BCUT2D eigenvalue weighted by Gasteiger charge is -2.45. The van der Waals surface area contributed by atoms with E-state index in [2.05, 4.69) is 63.7 Å². The molecule has 1 saturated heterocycles. The van der Waals surface area contributed by atoms with E-state index in [9.17, 15) is 9.90 Å². The van der Waals surface area contributed by atoms with Crippen LogP contribution in [0.3, 0.4) is 0 Å². The van der Waals surface area contributed by atoms with Crippen LogP contribution in [0.25, 0.3) is 16.8 Å². The van der Waals surface area contributed by atoms with Gasteiger partial charge in [-0.1, -0.05) is 48.5 Å². The van der Waals surface area contributed by atoms with Crippen LogP contribution in [0.2, 0.25) is 0 Å². The van der Waals surface area contributed by atoms with Crippen molar-refractivity contribution in [3.05, 3.63) is 102 Å². The molecule has 0 spiro atoms. The number of benzene rings is 3. The highest BCUT2D eigenvalue weighted by atomic mass is 16.5. The van der Waals surface area contributed by atoms with E-state index in [4.69, 9.17) is 4.74 Å². The maximum atomic E-state index is 13.5. The number of imidazole rings is 1. The maximum Gasteiger partial charge on any atom is 0.251 e. The summed E-state index contributed by atoms with van der Waals surface area (Å²) in [6.07, 6.45) is 4.36. The van der Waals surface area contributed by atoms with Gasteiger partial charge in [0.25, 0.3) is 5.91 Å². The molecule has 0 radical (unpaired) electrons. The monoisotopic (exact) mass is 536 g/mol. The number of likely N-dealkylation sites (tertiary alicyclic amines) is 1. The summed E-state index contributed by atoms with van der Waals surface area (Å²) in [5.41, 5.74) is 6.45. The minimum absolute atomic E-state index is 0.00660. The number of piperidine rings is 1. The Kier molecular flexibility index (Phi) is 6.72. The summed E-state index contributed by atoms with van der Waals surface area (Å²) < 4.78 is 7.52. The van der Waals surface area contributed by atoms with Crippen molar-refractivity contribution in [2.45, 2.75) is 44.9 Å². The molecule has 206 valence electrons. The zero-order valence-corrected chi connectivity index (χ0v) is 23.5. The predicted molar refractivity (Wildman–Crippen MR) is 156 cm³/mol. The summed E-state index contributed by atoms with van der Waals surface area (Å²) in [5, 5.41) is 14.4. The van der Waals surface area contributed by atoms with Gasteiger partial charge in [-0.15, -0.1) is 0 Å². The van der Waals surface area contributed by atoms with Crippen molar-refractivity contribution in [1.82, 2.24) is 19.8 Å². The van der Waals surface area contributed by atoms with Gasteiger partial charge in [0, 0.05) is 36.8 Å². The number of amides is 1. The normalized spacial score (nSPS) is 19.2. The van der Waals surface area contributed by atoms with Crippen LogP contribution >= 0.6 is 0 Å². The first-order valence-electron chi connectivity index (χ1n) is 13.9. The van der Waals surface area contributed by atoms with Gasteiger partial charge < -0.3 is 19.7 Å². The van der Waals surface area contributed by atoms with E-state index in [0.717, 1.165) is 17.9 Å². The van der Waals surface area contributed by atoms with Crippen LogP contribution in [-0.4, -0.2) is 57.3 Å². The van der Waals surface area contributed by atoms with Gasteiger partial charge in [-0.25, -0.2) is 4.98 Å². The van der Waals surface area contributed by atoms with Crippen LogP contribution < -0.4 is 10.1 Å². The number of carbonyl (C=O) groups excluding carboxylic acids is 1. The molecule has 1 fully saturated rings. The molecule has 1 aliphatic carbocycles. The number of aliphatic hydroxyl groups is 1. The molecule has 1 amide bonds. The number of nitrogens with zero attached hydrogens (tertiary/aromatic N) is 3. The zero-order valence-electron chi connectivity index (χ0n) is 23.5. The van der Waals surface area contributed by atoms with Gasteiger partial charge in [-0.2, -0.15) is 0 Å². The fraction of sp³-hybridized carbons (Fsp3) is 0.333. The number of aryl methyl sites for hydroxylation is 1. The number of methoxy groups -OCH3 is 1. The first-order chi connectivity index (χ1) is 19.2. The Morgan fingerprint density at radius 2 is 1.70 bits per heavy atom. The van der Waals surface area contributed by atoms with Crippen molar-refractivity contribution in [2.24, 2.45) is 5.92 Å². The number of carbonyl (C=O) groups is 1. The van der Waals surface area contributed by atoms with Crippen LogP contribution in [-0.2, 0) is 0 Å². The highest BCUT2D eigenvalue weighted by Crippen LogP contribution is 2.47. The molecule has 7 nitrogen and oxygen atoms in total. The Morgan fingerprint density at radius 3 is 2.30 bits per heavy atom. The second-order valence-electron chi connectivity index (χ2n) is 11.6. The minimum Gasteiger partial charge on any atom is -0.495 e. The lowest BCUT2D eigenvalue weighted by molar-refractivity contribution is -0.0316. The third-order valence-electron chi connectivity index (χ3n) is 8.41. The average Bonchev–Trinajstić information content (AvgIpc) is 3.53. The fourth-order valence-corrected chi connectivity index (χ4v) is 6.34. The van der Waals surface area contributed by atoms with E-state index < -0.39 is 5.60 Å². The standard InChI is InChI=1S/C33H36N4O3/c1-21-17-37(20-34-21)29-14-13-22(15-30(29)40-4)32(38)35-24-16-23(33(2,3)39)18-36(19-24)31-27-11-7-5-9-25(27)26-10-6-8-12-28(26)31/h5-15,17,20,23-24,31,39H,16,18-19H2,1-4H3,(H,35,38). The number of fused-ring (bicyclic) bond motifs is 3. The molecule has 1 aliphatic heterocycles. The van der Waals surface area contributed by atoms with Crippen LogP contribution in [0.15, 0.2) is 79.3 Å². The largest absolute Gasteiger partial charge is 0.495 e. The summed E-state index contributed by atoms with van der Waals surface area (Å²) >= 11 is 0. The van der Waals surface area contributed by atoms with E-state index in [1.165, 1.54) is 22.3 Å². The number of ether oxygens (including phenoxy) is 1. The quantitative estimate of drug-likeness (QED) is 0.356. The fourth-order valence-electron chi connectivity index (χ4n) is 6.34. The first-order valence-corrected chi connectivity index (χ1v) is 13.9. The van der Waals surface area contributed by atoms with Gasteiger partial charge in [0.05, 0.1) is 36.5 Å². The summed E-state index contributed by atoms with van der Waals surface area (Å²) in [6.45, 7) is 7.11. The summed E-state index contributed by atoms with van der Waals surface area (Å²) in [4.78, 5) is 20.3. The Bertz CT molecular complexity index is 1510. The van der Waals surface area contributed by atoms with Gasteiger partial charge in [-0.3, -0.25) is 9.69 Å². The first kappa shape index (κ1) is 26.3. The second-order valence-corrected chi connectivity index (χ2v) is 11.6. The van der Waals surface area contributed by atoms with Crippen LogP contribution in [0.5, 0.6) is 5.75 Å². The van der Waals surface area contributed by atoms with Gasteiger partial charge in [-0.05, 0) is 67.6 Å². The third kappa shape index (κ3) is 4.80. The molecule has 2 atom stereocenters.